The number of ether oxygens (including phenoxy) is 4. The van der Waals surface area contributed by atoms with Gasteiger partial charge in [-0.1, -0.05) is 27.2 Å². The number of Topliss-reactive ketones (excluding diaryl/α,β-unsaturated/α-hetero) is 2. The number of hydrogen-bond donors (Lipinski definition) is 0. The maximum absolute atomic E-state index is 11.2. The average Bonchev–Trinajstić information content (AvgIpc) is 2.76. The van der Waals surface area contributed by atoms with Crippen LogP contribution in [0.25, 0.3) is 0 Å². The molecule has 0 heterocycles. The maximum atomic E-state index is 11.2. The van der Waals surface area contributed by atoms with Gasteiger partial charge in [0.15, 0.2) is 0 Å². The number of ketones is 2. The van der Waals surface area contributed by atoms with Crippen LogP contribution in [-0.4, -0.2) is 71.3 Å². The fourth-order valence-corrected chi connectivity index (χ4v) is 3.40. The van der Waals surface area contributed by atoms with Gasteiger partial charge in [0.1, 0.15) is 37.1 Å². The summed E-state index contributed by atoms with van der Waals surface area (Å²) < 4.78 is 31.7. The molecule has 0 aromatic heterocycles. The summed E-state index contributed by atoms with van der Waals surface area (Å²) in [4.78, 5) is 43.5. The van der Waals surface area contributed by atoms with Crippen molar-refractivity contribution in [2.75, 3.05) is 33.0 Å². The van der Waals surface area contributed by atoms with Gasteiger partial charge in [-0.3, -0.25) is 19.2 Å². The second-order valence-electron chi connectivity index (χ2n) is 7.89. The molecule has 0 aromatic rings. The van der Waals surface area contributed by atoms with Crippen LogP contribution in [0.3, 0.4) is 0 Å². The number of esters is 2. The largest absolute Gasteiger partial charge is 0.463 e. The average molecular weight is 505 g/mol. The first-order chi connectivity index (χ1) is 16.2. The van der Waals surface area contributed by atoms with Crippen molar-refractivity contribution in [3.05, 3.63) is 0 Å². The predicted octanol–water partition coefficient (Wildman–Crippen LogP) is 3.85. The van der Waals surface area contributed by atoms with E-state index < -0.39 is 20.6 Å². The van der Waals surface area contributed by atoms with Gasteiger partial charge in [-0.15, -0.1) is 0 Å². The summed E-state index contributed by atoms with van der Waals surface area (Å²) in [6, 6.07) is 1.57. The molecule has 0 aliphatic heterocycles. The lowest BCUT2D eigenvalue weighted by molar-refractivity contribution is -0.154. The van der Waals surface area contributed by atoms with E-state index in [1.54, 1.807) is 0 Å². The van der Waals surface area contributed by atoms with Crippen molar-refractivity contribution >= 4 is 32.2 Å². The minimum atomic E-state index is -1.36. The topological polar surface area (TPSA) is 122 Å². The zero-order valence-corrected chi connectivity index (χ0v) is 22.7. The van der Waals surface area contributed by atoms with Crippen LogP contribution in [0.15, 0.2) is 0 Å². The summed E-state index contributed by atoms with van der Waals surface area (Å²) in [6.45, 7) is 10.9. The lowest BCUT2D eigenvalue weighted by Gasteiger charge is -2.15. The minimum Gasteiger partial charge on any atom is -0.463 e. The van der Waals surface area contributed by atoms with Gasteiger partial charge in [-0.05, 0) is 51.6 Å². The Labute approximate surface area is 205 Å². The quantitative estimate of drug-likeness (QED) is 0.105. The Morgan fingerprint density at radius 1 is 0.765 bits per heavy atom. The molecule has 0 N–H and O–H groups in total. The number of unbranched alkanes of at least 4 members (excludes halogenated alkanes) is 2. The third-order valence-corrected chi connectivity index (χ3v) is 6.07. The molecule has 1 unspecified atom stereocenters. The molecule has 0 saturated heterocycles. The van der Waals surface area contributed by atoms with Crippen LogP contribution in [0, 0.1) is 0 Å². The van der Waals surface area contributed by atoms with E-state index in [1.165, 1.54) is 13.8 Å². The summed E-state index contributed by atoms with van der Waals surface area (Å²) >= 11 is 0. The van der Waals surface area contributed by atoms with Gasteiger partial charge in [0.2, 0.25) is 0 Å². The Hall–Kier alpha value is -1.78. The van der Waals surface area contributed by atoms with E-state index in [1.807, 2.05) is 13.8 Å². The van der Waals surface area contributed by atoms with E-state index in [-0.39, 0.29) is 37.1 Å². The van der Waals surface area contributed by atoms with Crippen LogP contribution < -0.4 is 0 Å². The highest BCUT2D eigenvalue weighted by atomic mass is 28.3. The highest BCUT2D eigenvalue weighted by Gasteiger charge is 2.14. The monoisotopic (exact) mass is 504 g/mol. The van der Waals surface area contributed by atoms with Gasteiger partial charge < -0.3 is 23.4 Å². The van der Waals surface area contributed by atoms with E-state index in [2.05, 4.69) is 6.92 Å². The minimum absolute atomic E-state index is 0.147. The van der Waals surface area contributed by atoms with Crippen LogP contribution >= 0.6 is 0 Å². The summed E-state index contributed by atoms with van der Waals surface area (Å²) in [7, 11) is -1.36. The first-order valence-corrected chi connectivity index (χ1v) is 14.0. The van der Waals surface area contributed by atoms with E-state index in [0.717, 1.165) is 37.8 Å². The second kappa shape index (κ2) is 24.3. The summed E-state index contributed by atoms with van der Waals surface area (Å²) in [6.07, 6.45) is 4.03. The van der Waals surface area contributed by atoms with Crippen molar-refractivity contribution in [3.63, 3.8) is 0 Å². The molecule has 9 nitrogen and oxygen atoms in total. The highest BCUT2D eigenvalue weighted by molar-refractivity contribution is 6.42. The predicted molar refractivity (Wildman–Crippen MR) is 129 cm³/mol. The molecule has 0 fully saturated rings. The molecule has 0 saturated carbocycles. The van der Waals surface area contributed by atoms with Crippen molar-refractivity contribution in [1.82, 2.24) is 0 Å². The van der Waals surface area contributed by atoms with E-state index in [0.29, 0.717) is 32.8 Å². The van der Waals surface area contributed by atoms with Crippen molar-refractivity contribution in [1.29, 1.82) is 0 Å². The molecular formula is C24H44O9Si. The molecular weight excluding hydrogens is 460 g/mol. The first-order valence-electron chi connectivity index (χ1n) is 12.2. The van der Waals surface area contributed by atoms with Crippen molar-refractivity contribution in [2.24, 2.45) is 0 Å². The molecule has 0 aromatic carbocycles. The van der Waals surface area contributed by atoms with E-state index in [9.17, 15) is 23.6 Å². The molecule has 0 aliphatic carbocycles. The van der Waals surface area contributed by atoms with Gasteiger partial charge in [0.05, 0.1) is 13.2 Å². The summed E-state index contributed by atoms with van der Waals surface area (Å²) in [5.74, 6) is -1.34. The zero-order chi connectivity index (χ0) is 26.2. The first kappa shape index (κ1) is 34.4. The van der Waals surface area contributed by atoms with Gasteiger partial charge >= 0.3 is 11.9 Å². The normalized spacial score (nSPS) is 11.1. The van der Waals surface area contributed by atoms with E-state index >= 15 is 0 Å². The molecule has 0 bridgehead atoms. The smallest absolute Gasteiger partial charge is 0.313 e. The second-order valence-corrected chi connectivity index (χ2v) is 10.2. The Morgan fingerprint density at radius 2 is 1.38 bits per heavy atom. The molecule has 0 rings (SSSR count). The Bertz CT molecular complexity index is 593. The SMILES string of the molecule is CCCCOCC(CC)OC(=O)CC(C)=O.CC[Si](=O)CCCCOCCOC(=O)CC(C)=O. The number of carbonyl (C=O) groups is 4. The third-order valence-electron chi connectivity index (χ3n) is 4.37. The fraction of sp³-hybridized carbons (Fsp3) is 0.833. The Kier molecular flexibility index (Phi) is 24.6. The van der Waals surface area contributed by atoms with Crippen molar-refractivity contribution in [3.8, 4) is 0 Å². The van der Waals surface area contributed by atoms with Gasteiger partial charge in [-0.2, -0.15) is 0 Å². The summed E-state index contributed by atoms with van der Waals surface area (Å²) in [5, 5.41) is 0. The fourth-order valence-electron chi connectivity index (χ4n) is 2.40. The van der Waals surface area contributed by atoms with Crippen LogP contribution in [-0.2, 0) is 42.6 Å². The third kappa shape index (κ3) is 26.5. The van der Waals surface area contributed by atoms with Crippen molar-refractivity contribution in [2.45, 2.75) is 97.8 Å². The highest BCUT2D eigenvalue weighted by Crippen LogP contribution is 2.03. The zero-order valence-electron chi connectivity index (χ0n) is 21.7. The molecule has 198 valence electrons. The van der Waals surface area contributed by atoms with Crippen LogP contribution in [0.5, 0.6) is 0 Å². The number of hydrogen-bond acceptors (Lipinski definition) is 9. The van der Waals surface area contributed by atoms with Gasteiger partial charge in [0.25, 0.3) is 8.68 Å². The lowest BCUT2D eigenvalue weighted by Crippen LogP contribution is -2.24. The molecule has 34 heavy (non-hydrogen) atoms. The lowest BCUT2D eigenvalue weighted by atomic mass is 10.3. The molecule has 0 amide bonds. The van der Waals surface area contributed by atoms with E-state index in [4.69, 9.17) is 18.9 Å². The van der Waals surface area contributed by atoms with Crippen LogP contribution in [0.2, 0.25) is 12.1 Å². The number of carbonyl (C=O) groups excluding carboxylic acids is 4. The maximum Gasteiger partial charge on any atom is 0.313 e. The Balaban J connectivity index is 0. The molecule has 10 heteroatoms. The van der Waals surface area contributed by atoms with Crippen LogP contribution in [0.4, 0.5) is 0 Å². The number of rotatable bonds is 20. The standard InChI is InChI=1S/C12H22O5Si.C12H22O4/c1-3-18(15)9-5-4-6-16-7-8-17-12(14)10-11(2)13;1-4-6-7-15-9-11(5-2)16-12(14)8-10(3)13/h3-10H2,1-2H3;11H,4-9H2,1-3H3. The molecule has 0 aliphatic rings. The molecule has 1 atom stereocenters. The van der Waals surface area contributed by atoms with Gasteiger partial charge in [-0.25, -0.2) is 0 Å². The van der Waals surface area contributed by atoms with Crippen molar-refractivity contribution < 1.29 is 42.6 Å². The molecule has 0 radical (unpaired) electrons. The molecule has 0 spiro atoms. The van der Waals surface area contributed by atoms with Crippen LogP contribution in [0.1, 0.15) is 79.6 Å². The van der Waals surface area contributed by atoms with Gasteiger partial charge in [0, 0.05) is 13.2 Å². The Morgan fingerprint density at radius 3 is 1.94 bits per heavy atom. The summed E-state index contributed by atoms with van der Waals surface area (Å²) in [5.41, 5.74) is 0.